The molecule has 0 aromatic carbocycles. The fourth-order valence-corrected chi connectivity index (χ4v) is 3.91. The predicted octanol–water partition coefficient (Wildman–Crippen LogP) is 3.06. The minimum Gasteiger partial charge on any atom is -0.346 e. The summed E-state index contributed by atoms with van der Waals surface area (Å²) in [6.07, 6.45) is 9.47. The number of fused-ring (bicyclic) bond motifs is 1. The van der Waals surface area contributed by atoms with Crippen LogP contribution in [-0.4, -0.2) is 48.3 Å². The first-order valence-corrected chi connectivity index (χ1v) is 9.13. The average Bonchev–Trinajstić information content (AvgIpc) is 2.57. The van der Waals surface area contributed by atoms with Gasteiger partial charge in [-0.25, -0.2) is 0 Å². The van der Waals surface area contributed by atoms with Crippen molar-refractivity contribution in [2.45, 2.75) is 64.7 Å². The molecule has 2 aliphatic rings. The number of carbonyl (C=O) groups is 2. The summed E-state index contributed by atoms with van der Waals surface area (Å²) < 4.78 is 0. The smallest absolute Gasteiger partial charge is 0.222 e. The van der Waals surface area contributed by atoms with Gasteiger partial charge in [0.1, 0.15) is 0 Å². The zero-order valence-corrected chi connectivity index (χ0v) is 14.4. The van der Waals surface area contributed by atoms with Crippen LogP contribution < -0.4 is 0 Å². The molecule has 0 bridgehead atoms. The Labute approximate surface area is 135 Å². The molecular weight excluding hydrogens is 276 g/mol. The van der Waals surface area contributed by atoms with Crippen molar-refractivity contribution in [1.29, 1.82) is 0 Å². The number of rotatable bonds is 6. The van der Waals surface area contributed by atoms with E-state index in [1.807, 2.05) is 14.0 Å². The van der Waals surface area contributed by atoms with Crippen molar-refractivity contribution in [3.8, 4) is 0 Å². The maximum absolute atomic E-state index is 12.3. The van der Waals surface area contributed by atoms with Crippen molar-refractivity contribution in [3.05, 3.63) is 0 Å². The van der Waals surface area contributed by atoms with E-state index in [9.17, 15) is 9.59 Å². The van der Waals surface area contributed by atoms with Crippen molar-refractivity contribution in [2.75, 3.05) is 26.7 Å². The van der Waals surface area contributed by atoms with Crippen molar-refractivity contribution in [1.82, 2.24) is 9.80 Å². The van der Waals surface area contributed by atoms with Crippen LogP contribution in [0.1, 0.15) is 64.7 Å². The lowest BCUT2D eigenvalue weighted by Crippen LogP contribution is -2.44. The normalized spacial score (nSPS) is 24.7. The Morgan fingerprint density at radius 2 is 1.73 bits per heavy atom. The molecule has 0 spiro atoms. The summed E-state index contributed by atoms with van der Waals surface area (Å²) in [6, 6.07) is 0. The molecule has 126 valence electrons. The summed E-state index contributed by atoms with van der Waals surface area (Å²) in [5.41, 5.74) is 0. The second-order valence-corrected chi connectivity index (χ2v) is 7.05. The van der Waals surface area contributed by atoms with Crippen molar-refractivity contribution in [2.24, 2.45) is 11.8 Å². The number of piperidine rings is 1. The largest absolute Gasteiger partial charge is 0.346 e. The molecule has 1 aliphatic carbocycles. The number of carbonyl (C=O) groups excluding carboxylic acids is 2. The van der Waals surface area contributed by atoms with Crippen LogP contribution in [-0.2, 0) is 9.59 Å². The molecule has 4 nitrogen and oxygen atoms in total. The lowest BCUT2D eigenvalue weighted by atomic mass is 9.75. The Bertz CT molecular complexity index is 383. The van der Waals surface area contributed by atoms with E-state index in [4.69, 9.17) is 0 Å². The molecule has 0 N–H and O–H groups in total. The molecule has 2 unspecified atom stereocenters. The lowest BCUT2D eigenvalue weighted by molar-refractivity contribution is -0.135. The van der Waals surface area contributed by atoms with Crippen LogP contribution in [0.2, 0.25) is 0 Å². The van der Waals surface area contributed by atoms with Crippen LogP contribution >= 0.6 is 0 Å². The van der Waals surface area contributed by atoms with Crippen molar-refractivity contribution in [3.63, 3.8) is 0 Å². The van der Waals surface area contributed by atoms with E-state index >= 15 is 0 Å². The van der Waals surface area contributed by atoms with E-state index in [-0.39, 0.29) is 5.91 Å². The van der Waals surface area contributed by atoms with Gasteiger partial charge in [0.2, 0.25) is 11.8 Å². The van der Waals surface area contributed by atoms with Gasteiger partial charge < -0.3 is 9.80 Å². The van der Waals surface area contributed by atoms with Gasteiger partial charge in [-0.05, 0) is 44.4 Å². The van der Waals surface area contributed by atoms with Gasteiger partial charge in [-0.15, -0.1) is 0 Å². The van der Waals surface area contributed by atoms with Gasteiger partial charge in [0.15, 0.2) is 0 Å². The van der Waals surface area contributed by atoms with E-state index in [2.05, 4.69) is 4.90 Å². The van der Waals surface area contributed by atoms with E-state index < -0.39 is 0 Å². The molecule has 1 saturated carbocycles. The molecule has 0 aromatic heterocycles. The molecule has 0 radical (unpaired) electrons. The summed E-state index contributed by atoms with van der Waals surface area (Å²) in [4.78, 5) is 27.9. The highest BCUT2D eigenvalue weighted by atomic mass is 16.2. The summed E-state index contributed by atoms with van der Waals surface area (Å²) >= 11 is 0. The summed E-state index contributed by atoms with van der Waals surface area (Å²) in [7, 11) is 1.84. The Balaban J connectivity index is 1.64. The molecule has 2 rings (SSSR count). The Kier molecular flexibility index (Phi) is 6.71. The van der Waals surface area contributed by atoms with Crippen LogP contribution in [0.25, 0.3) is 0 Å². The summed E-state index contributed by atoms with van der Waals surface area (Å²) in [6.45, 7) is 4.68. The maximum Gasteiger partial charge on any atom is 0.222 e. The fourth-order valence-electron chi connectivity index (χ4n) is 3.91. The lowest BCUT2D eigenvalue weighted by Gasteiger charge is -2.41. The third kappa shape index (κ3) is 4.72. The summed E-state index contributed by atoms with van der Waals surface area (Å²) in [5.74, 6) is 2.13. The summed E-state index contributed by atoms with van der Waals surface area (Å²) in [5, 5.41) is 0. The first-order chi connectivity index (χ1) is 10.6. The Morgan fingerprint density at radius 1 is 1.05 bits per heavy atom. The average molecular weight is 308 g/mol. The van der Waals surface area contributed by atoms with E-state index in [0.717, 1.165) is 44.3 Å². The van der Waals surface area contributed by atoms with Crippen LogP contribution in [0.5, 0.6) is 0 Å². The Hall–Kier alpha value is -1.06. The van der Waals surface area contributed by atoms with Gasteiger partial charge >= 0.3 is 0 Å². The first-order valence-electron chi connectivity index (χ1n) is 9.13. The van der Waals surface area contributed by atoms with Crippen molar-refractivity contribution < 1.29 is 9.59 Å². The van der Waals surface area contributed by atoms with Crippen molar-refractivity contribution >= 4 is 11.8 Å². The third-order valence-corrected chi connectivity index (χ3v) is 5.58. The van der Waals surface area contributed by atoms with Crippen LogP contribution in [0.3, 0.4) is 0 Å². The molecule has 2 amide bonds. The van der Waals surface area contributed by atoms with E-state index in [1.165, 1.54) is 32.1 Å². The minimum absolute atomic E-state index is 0.193. The zero-order valence-electron chi connectivity index (χ0n) is 14.4. The number of unbranched alkanes of at least 4 members (excludes halogenated alkanes) is 1. The van der Waals surface area contributed by atoms with Crippen LogP contribution in [0, 0.1) is 11.8 Å². The molecular formula is C18H32N2O2. The predicted molar refractivity (Wildman–Crippen MR) is 88.4 cm³/mol. The fraction of sp³-hybridized carbons (Fsp3) is 0.889. The second kappa shape index (κ2) is 8.54. The number of nitrogens with zero attached hydrogens (tertiary/aromatic N) is 2. The van der Waals surface area contributed by atoms with Gasteiger partial charge in [-0.3, -0.25) is 9.59 Å². The zero-order chi connectivity index (χ0) is 15.9. The quantitative estimate of drug-likeness (QED) is 0.708. The number of hydrogen-bond acceptors (Lipinski definition) is 2. The molecule has 1 aliphatic heterocycles. The van der Waals surface area contributed by atoms with Crippen LogP contribution in [0.4, 0.5) is 0 Å². The standard InChI is InChI=1S/C18H32N2O2/c1-3-19(2)17(21)10-6-7-11-18(22)20-13-12-15-8-4-5-9-16(15)14-20/h15-16H,3-14H2,1-2H3. The highest BCUT2D eigenvalue weighted by Crippen LogP contribution is 2.36. The topological polar surface area (TPSA) is 40.6 Å². The monoisotopic (exact) mass is 308 g/mol. The highest BCUT2D eigenvalue weighted by molar-refractivity contribution is 5.77. The Morgan fingerprint density at radius 3 is 2.45 bits per heavy atom. The first kappa shape index (κ1) is 17.3. The minimum atomic E-state index is 0.193. The molecule has 4 heteroatoms. The van der Waals surface area contributed by atoms with Gasteiger partial charge in [0, 0.05) is 39.5 Å². The van der Waals surface area contributed by atoms with Crippen LogP contribution in [0.15, 0.2) is 0 Å². The third-order valence-electron chi connectivity index (χ3n) is 5.58. The van der Waals surface area contributed by atoms with E-state index in [1.54, 1.807) is 4.90 Å². The molecule has 2 fully saturated rings. The molecule has 0 aromatic rings. The van der Waals surface area contributed by atoms with E-state index in [0.29, 0.717) is 18.7 Å². The molecule has 2 atom stereocenters. The second-order valence-electron chi connectivity index (χ2n) is 7.05. The van der Waals surface area contributed by atoms with Gasteiger partial charge in [-0.2, -0.15) is 0 Å². The molecule has 1 heterocycles. The maximum atomic E-state index is 12.3. The molecule has 1 saturated heterocycles. The highest BCUT2D eigenvalue weighted by Gasteiger charge is 2.32. The molecule has 22 heavy (non-hydrogen) atoms. The number of amides is 2. The van der Waals surface area contributed by atoms with Gasteiger partial charge in [0.25, 0.3) is 0 Å². The number of hydrogen-bond donors (Lipinski definition) is 0. The van der Waals surface area contributed by atoms with Gasteiger partial charge in [-0.1, -0.05) is 19.3 Å². The van der Waals surface area contributed by atoms with Gasteiger partial charge in [0.05, 0.1) is 0 Å². The number of likely N-dealkylation sites (tertiary alicyclic amines) is 1. The SMILES string of the molecule is CCN(C)C(=O)CCCCC(=O)N1CCC2CCCCC2C1.